The van der Waals surface area contributed by atoms with Crippen molar-refractivity contribution in [1.82, 2.24) is 30.1 Å². The summed E-state index contributed by atoms with van der Waals surface area (Å²) in [6, 6.07) is 11.1. The first-order valence-electron chi connectivity index (χ1n) is 19.6. The van der Waals surface area contributed by atoms with Crippen molar-refractivity contribution in [3.8, 4) is 5.75 Å². The predicted molar refractivity (Wildman–Crippen MR) is 221 cm³/mol. The van der Waals surface area contributed by atoms with Gasteiger partial charge in [-0.2, -0.15) is 0 Å². The average Bonchev–Trinajstić information content (AvgIpc) is 3.78. The number of hydrogen-bond donors (Lipinski definition) is 3. The van der Waals surface area contributed by atoms with Crippen molar-refractivity contribution in [1.29, 1.82) is 0 Å². The van der Waals surface area contributed by atoms with E-state index in [4.69, 9.17) is 16.3 Å². The second kappa shape index (κ2) is 18.3. The van der Waals surface area contributed by atoms with Crippen LogP contribution in [0.25, 0.3) is 0 Å². The minimum Gasteiger partial charge on any atom is -0.493 e. The molecule has 16 nitrogen and oxygen atoms in total. The number of nitrogens with one attached hydrogen (secondary N) is 3. The molecular formula is C41H44ClN9O7S. The molecule has 0 radical (unpaired) electrons. The Morgan fingerprint density at radius 3 is 2.49 bits per heavy atom. The van der Waals surface area contributed by atoms with Gasteiger partial charge in [-0.15, -0.1) is 0 Å². The van der Waals surface area contributed by atoms with Crippen molar-refractivity contribution >= 4 is 80.8 Å². The van der Waals surface area contributed by atoms with Gasteiger partial charge in [-0.25, -0.2) is 15.0 Å². The number of fused-ring (bicyclic) bond motifs is 1. The lowest BCUT2D eigenvalue weighted by Gasteiger charge is -2.35. The van der Waals surface area contributed by atoms with Crippen LogP contribution in [0.15, 0.2) is 48.7 Å². The number of aromatic nitrogens is 3. The van der Waals surface area contributed by atoms with Gasteiger partial charge in [0.25, 0.3) is 17.7 Å². The normalized spacial score (nSPS) is 16.6. The van der Waals surface area contributed by atoms with Gasteiger partial charge in [0.1, 0.15) is 34.1 Å². The molecule has 0 aliphatic carbocycles. The molecule has 3 aliphatic rings. The van der Waals surface area contributed by atoms with E-state index in [1.54, 1.807) is 24.3 Å². The number of unbranched alkanes of at least 4 members (excludes halogenated alkanes) is 4. The molecule has 3 aliphatic heterocycles. The molecule has 3 N–H and O–H groups in total. The average molecular weight is 842 g/mol. The van der Waals surface area contributed by atoms with Gasteiger partial charge >= 0.3 is 0 Å². The van der Waals surface area contributed by atoms with E-state index in [-0.39, 0.29) is 35.8 Å². The smallest absolute Gasteiger partial charge is 0.267 e. The molecule has 7 rings (SSSR count). The Balaban J connectivity index is 0.803. The number of carbonyl (C=O) groups is 6. The Labute approximate surface area is 349 Å². The van der Waals surface area contributed by atoms with Gasteiger partial charge < -0.3 is 25.2 Å². The van der Waals surface area contributed by atoms with Crippen LogP contribution in [-0.4, -0.2) is 99.0 Å². The van der Waals surface area contributed by atoms with Crippen molar-refractivity contribution in [2.75, 3.05) is 48.3 Å². The topological polar surface area (TPSA) is 196 Å². The quantitative estimate of drug-likeness (QED) is 0.0982. The first-order valence-corrected chi connectivity index (χ1v) is 20.8. The molecule has 1 unspecified atom stereocenters. The van der Waals surface area contributed by atoms with E-state index >= 15 is 0 Å². The van der Waals surface area contributed by atoms with E-state index < -0.39 is 29.7 Å². The van der Waals surface area contributed by atoms with Gasteiger partial charge in [-0.05, 0) is 56.9 Å². The van der Waals surface area contributed by atoms with E-state index in [2.05, 4.69) is 35.8 Å². The number of nitrogens with zero attached hydrogens (tertiary/aromatic N) is 6. The number of aryl methyl sites for hydroxylation is 2. The Morgan fingerprint density at radius 2 is 1.71 bits per heavy atom. The van der Waals surface area contributed by atoms with Gasteiger partial charge in [0.05, 0.1) is 34.6 Å². The van der Waals surface area contributed by atoms with E-state index in [1.165, 1.54) is 17.5 Å². The van der Waals surface area contributed by atoms with E-state index in [0.717, 1.165) is 48.4 Å². The Kier molecular flexibility index (Phi) is 12.8. The summed E-state index contributed by atoms with van der Waals surface area (Å²) in [6.07, 6.45) is 6.30. The van der Waals surface area contributed by atoms with Crippen LogP contribution >= 0.6 is 22.9 Å². The lowest BCUT2D eigenvalue weighted by molar-refractivity contribution is -0.136. The number of thiazole rings is 1. The number of para-hydroxylation sites is 1. The molecule has 2 aromatic heterocycles. The molecule has 308 valence electrons. The van der Waals surface area contributed by atoms with Crippen LogP contribution in [-0.2, 0) is 14.4 Å². The minimum atomic E-state index is -1.03. The maximum absolute atomic E-state index is 13.3. The van der Waals surface area contributed by atoms with E-state index in [0.29, 0.717) is 77.3 Å². The van der Waals surface area contributed by atoms with Crippen LogP contribution in [0.2, 0.25) is 5.02 Å². The van der Waals surface area contributed by atoms with Gasteiger partial charge in [0, 0.05) is 45.1 Å². The number of amides is 6. The van der Waals surface area contributed by atoms with Gasteiger partial charge in [-0.1, -0.05) is 60.4 Å². The summed E-state index contributed by atoms with van der Waals surface area (Å²) in [5.41, 5.74) is 1.75. The number of benzene rings is 2. The monoisotopic (exact) mass is 841 g/mol. The molecule has 6 amide bonds. The Morgan fingerprint density at radius 1 is 0.949 bits per heavy atom. The van der Waals surface area contributed by atoms with Crippen molar-refractivity contribution in [2.24, 2.45) is 0 Å². The van der Waals surface area contributed by atoms with Crippen LogP contribution in [0.3, 0.4) is 0 Å². The number of imide groups is 2. The summed E-state index contributed by atoms with van der Waals surface area (Å²) in [4.78, 5) is 95.1. The molecule has 2 saturated heterocycles. The number of piperazine rings is 1. The first kappa shape index (κ1) is 41.2. The molecule has 4 aromatic rings. The highest BCUT2D eigenvalue weighted by atomic mass is 35.5. The Hall–Kier alpha value is -5.94. The van der Waals surface area contributed by atoms with Crippen LogP contribution in [0.5, 0.6) is 5.75 Å². The highest BCUT2D eigenvalue weighted by Crippen LogP contribution is 2.34. The second-order valence-electron chi connectivity index (χ2n) is 14.6. The summed E-state index contributed by atoms with van der Waals surface area (Å²) in [7, 11) is 0. The Bertz CT molecular complexity index is 2270. The molecule has 2 fully saturated rings. The van der Waals surface area contributed by atoms with Crippen LogP contribution in [0.1, 0.15) is 93.1 Å². The molecule has 59 heavy (non-hydrogen) atoms. The van der Waals surface area contributed by atoms with Crippen LogP contribution < -0.4 is 25.6 Å². The maximum Gasteiger partial charge on any atom is 0.267 e. The highest BCUT2D eigenvalue weighted by molar-refractivity contribution is 7.17. The molecule has 18 heteroatoms. The molecule has 0 bridgehead atoms. The second-order valence-corrected chi connectivity index (χ2v) is 16.0. The molecular weight excluding hydrogens is 798 g/mol. The first-order chi connectivity index (χ1) is 28.5. The zero-order chi connectivity index (χ0) is 41.6. The summed E-state index contributed by atoms with van der Waals surface area (Å²) < 4.78 is 5.93. The summed E-state index contributed by atoms with van der Waals surface area (Å²) in [5, 5.41) is 9.24. The van der Waals surface area contributed by atoms with Gasteiger partial charge in [0.15, 0.2) is 5.13 Å². The van der Waals surface area contributed by atoms with Gasteiger partial charge in [-0.3, -0.25) is 39.0 Å². The van der Waals surface area contributed by atoms with Crippen molar-refractivity contribution in [3.05, 3.63) is 81.1 Å². The van der Waals surface area contributed by atoms with E-state index in [1.807, 2.05) is 36.9 Å². The lowest BCUT2D eigenvalue weighted by Crippen LogP contribution is -2.54. The van der Waals surface area contributed by atoms with Crippen LogP contribution in [0.4, 0.5) is 22.5 Å². The van der Waals surface area contributed by atoms with E-state index in [9.17, 15) is 28.8 Å². The number of rotatable bonds is 15. The third kappa shape index (κ3) is 9.52. The SMILES string of the molecule is Cc1nc(Nc2ncc(C(=O)Nc3c(C)cccc3Cl)s2)cc(N2CCN(C(=O)CCCCCCCOc3cccc4c3C(=O)N(C3CCC(=O)NC3=O)C4=O)CC2)n1. The van der Waals surface area contributed by atoms with Crippen LogP contribution in [0, 0.1) is 13.8 Å². The maximum atomic E-state index is 13.3. The molecule has 0 saturated carbocycles. The fourth-order valence-electron chi connectivity index (χ4n) is 7.33. The molecule has 5 heterocycles. The number of hydrogen-bond acceptors (Lipinski definition) is 13. The summed E-state index contributed by atoms with van der Waals surface area (Å²) >= 11 is 7.48. The minimum absolute atomic E-state index is 0.0545. The fraction of sp³-hybridized carbons (Fsp3) is 0.390. The number of halogens is 1. The fourth-order valence-corrected chi connectivity index (χ4v) is 8.32. The molecule has 0 spiro atoms. The predicted octanol–water partition coefficient (Wildman–Crippen LogP) is 5.67. The number of carbonyl (C=O) groups excluding carboxylic acids is 6. The molecule has 2 aromatic carbocycles. The highest BCUT2D eigenvalue weighted by Gasteiger charge is 2.46. The molecule has 1 atom stereocenters. The zero-order valence-corrected chi connectivity index (χ0v) is 34.3. The summed E-state index contributed by atoms with van der Waals surface area (Å²) in [6.45, 7) is 6.46. The lowest BCUT2D eigenvalue weighted by atomic mass is 10.0. The number of anilines is 4. The van der Waals surface area contributed by atoms with Crippen molar-refractivity contribution in [3.63, 3.8) is 0 Å². The largest absolute Gasteiger partial charge is 0.493 e. The summed E-state index contributed by atoms with van der Waals surface area (Å²) in [5.74, 6) is -0.249. The number of ether oxygens (including phenoxy) is 1. The third-order valence-electron chi connectivity index (χ3n) is 10.4. The standard InChI is InChI=1S/C41H44ClN9O7S/c1-24-10-8-12-27(42)36(24)48-38(55)30-23-43-41(59-30)46-31-22-32(45-25(2)44-31)49-17-19-50(20-18-49)34(53)14-6-4-3-5-7-21-58-29-13-9-11-26-35(29)40(57)51(39(26)56)28-15-16-33(52)47-37(28)54/h8-13,22-23,28H,3-7,14-21H2,1-2H3,(H,48,55)(H,47,52,54)(H,43,44,45,46). The van der Waals surface area contributed by atoms with Gasteiger partial charge in [0.2, 0.25) is 17.7 Å². The third-order valence-corrected chi connectivity index (χ3v) is 11.7. The number of piperidine rings is 1. The van der Waals surface area contributed by atoms with Crippen molar-refractivity contribution in [2.45, 2.75) is 71.3 Å². The zero-order valence-electron chi connectivity index (χ0n) is 32.7. The van der Waals surface area contributed by atoms with Crippen molar-refractivity contribution < 1.29 is 33.5 Å².